The monoisotopic (exact) mass is 421 g/mol. The lowest BCUT2D eigenvalue weighted by Crippen LogP contribution is -2.55. The highest BCUT2D eigenvalue weighted by Crippen LogP contribution is 2.31. The van der Waals surface area contributed by atoms with E-state index < -0.39 is 10.5 Å². The van der Waals surface area contributed by atoms with Gasteiger partial charge in [-0.2, -0.15) is 0 Å². The molecule has 2 fully saturated rings. The van der Waals surface area contributed by atoms with E-state index >= 15 is 0 Å². The Morgan fingerprint density at radius 1 is 1.17 bits per heavy atom. The van der Waals surface area contributed by atoms with Gasteiger partial charge in [-0.1, -0.05) is 0 Å². The lowest BCUT2D eigenvalue weighted by atomic mass is 10.0. The molecule has 0 bridgehead atoms. The number of piperidine rings is 1. The zero-order chi connectivity index (χ0) is 21.9. The maximum atomic E-state index is 12.2. The number of carbonyl (C=O) groups is 1. The molecule has 0 N–H and O–H groups in total. The molecule has 166 valence electrons. The van der Waals surface area contributed by atoms with Crippen LogP contribution in [0.1, 0.15) is 33.6 Å². The standard InChI is InChI=1S/C20H31N5O5/c1-20(2,3)30-19(26)24-11-9-22(10-12-24)15-5-7-23(8-6-15)18-13-17(29-4)16(14-21-18)25(27)28/h13-15H,5-12H2,1-4H3. The van der Waals surface area contributed by atoms with Gasteiger partial charge in [0.15, 0.2) is 0 Å². The summed E-state index contributed by atoms with van der Waals surface area (Å²) in [6, 6.07) is 2.10. The number of carbonyl (C=O) groups excluding carboxylic acids is 1. The van der Waals surface area contributed by atoms with E-state index in [1.54, 1.807) is 11.0 Å². The summed E-state index contributed by atoms with van der Waals surface area (Å²) in [5.74, 6) is 0.927. The van der Waals surface area contributed by atoms with E-state index in [1.165, 1.54) is 13.3 Å². The molecule has 3 rings (SSSR count). The molecule has 3 heterocycles. The summed E-state index contributed by atoms with van der Waals surface area (Å²) in [5, 5.41) is 11.1. The maximum absolute atomic E-state index is 12.2. The van der Waals surface area contributed by atoms with Crippen molar-refractivity contribution in [3.05, 3.63) is 22.4 Å². The zero-order valence-electron chi connectivity index (χ0n) is 18.2. The third-order valence-electron chi connectivity index (χ3n) is 5.52. The number of hydrogen-bond acceptors (Lipinski definition) is 8. The molecule has 30 heavy (non-hydrogen) atoms. The average molecular weight is 421 g/mol. The van der Waals surface area contributed by atoms with Crippen LogP contribution in [0.25, 0.3) is 0 Å². The van der Waals surface area contributed by atoms with Gasteiger partial charge in [-0.15, -0.1) is 0 Å². The van der Waals surface area contributed by atoms with Crippen molar-refractivity contribution in [3.63, 3.8) is 0 Å². The fourth-order valence-electron chi connectivity index (χ4n) is 3.95. The van der Waals surface area contributed by atoms with Crippen LogP contribution in [0.4, 0.5) is 16.3 Å². The third kappa shape index (κ3) is 5.29. The van der Waals surface area contributed by atoms with E-state index in [4.69, 9.17) is 9.47 Å². The van der Waals surface area contributed by atoms with Crippen molar-refractivity contribution >= 4 is 17.6 Å². The summed E-state index contributed by atoms with van der Waals surface area (Å²) in [5.41, 5.74) is -0.602. The van der Waals surface area contributed by atoms with Crippen molar-refractivity contribution in [1.82, 2.24) is 14.8 Å². The van der Waals surface area contributed by atoms with Crippen LogP contribution in [0.3, 0.4) is 0 Å². The van der Waals surface area contributed by atoms with Gasteiger partial charge in [-0.05, 0) is 33.6 Å². The molecule has 2 aliphatic rings. The third-order valence-corrected chi connectivity index (χ3v) is 5.52. The predicted molar refractivity (Wildman–Crippen MR) is 112 cm³/mol. The van der Waals surface area contributed by atoms with Gasteiger partial charge in [0.05, 0.1) is 12.0 Å². The molecule has 1 amide bonds. The first-order valence-electron chi connectivity index (χ1n) is 10.3. The zero-order valence-corrected chi connectivity index (χ0v) is 18.2. The van der Waals surface area contributed by atoms with Crippen molar-refractivity contribution in [2.24, 2.45) is 0 Å². The summed E-state index contributed by atoms with van der Waals surface area (Å²) in [7, 11) is 1.43. The second-order valence-corrected chi connectivity index (χ2v) is 8.69. The largest absolute Gasteiger partial charge is 0.490 e. The Hall–Kier alpha value is -2.62. The number of hydrogen-bond donors (Lipinski definition) is 0. The molecule has 2 aliphatic heterocycles. The van der Waals surface area contributed by atoms with Gasteiger partial charge in [0.2, 0.25) is 5.75 Å². The molecule has 0 spiro atoms. The number of nitro groups is 1. The van der Waals surface area contributed by atoms with E-state index in [0.717, 1.165) is 39.0 Å². The van der Waals surface area contributed by atoms with Gasteiger partial charge in [0.1, 0.15) is 17.6 Å². The van der Waals surface area contributed by atoms with Gasteiger partial charge in [-0.3, -0.25) is 15.0 Å². The van der Waals surface area contributed by atoms with Crippen LogP contribution in [0.15, 0.2) is 12.3 Å². The highest BCUT2D eigenvalue weighted by atomic mass is 16.6. The Morgan fingerprint density at radius 3 is 2.33 bits per heavy atom. The van der Waals surface area contributed by atoms with Gasteiger partial charge in [0.25, 0.3) is 0 Å². The normalized spacial score (nSPS) is 18.9. The van der Waals surface area contributed by atoms with Gasteiger partial charge in [0, 0.05) is 51.4 Å². The lowest BCUT2D eigenvalue weighted by molar-refractivity contribution is -0.386. The fraction of sp³-hybridized carbons (Fsp3) is 0.700. The average Bonchev–Trinajstić information content (AvgIpc) is 2.72. The molecule has 0 atom stereocenters. The second kappa shape index (κ2) is 9.03. The predicted octanol–water partition coefficient (Wildman–Crippen LogP) is 2.52. The molecule has 0 aliphatic carbocycles. The van der Waals surface area contributed by atoms with E-state index in [9.17, 15) is 14.9 Å². The van der Waals surface area contributed by atoms with Crippen LogP contribution in [0.2, 0.25) is 0 Å². The Bertz CT molecular complexity index is 765. The number of pyridine rings is 1. The number of ether oxygens (including phenoxy) is 2. The summed E-state index contributed by atoms with van der Waals surface area (Å²) in [4.78, 5) is 33.4. The Balaban J connectivity index is 1.51. The number of piperazine rings is 1. The van der Waals surface area contributed by atoms with Crippen molar-refractivity contribution in [3.8, 4) is 5.75 Å². The van der Waals surface area contributed by atoms with Crippen molar-refractivity contribution in [2.45, 2.75) is 45.3 Å². The highest BCUT2D eigenvalue weighted by Gasteiger charge is 2.31. The Kier molecular flexibility index (Phi) is 6.64. The van der Waals surface area contributed by atoms with Crippen LogP contribution in [-0.4, -0.2) is 83.8 Å². The molecule has 0 unspecified atom stereocenters. The summed E-state index contributed by atoms with van der Waals surface area (Å²) in [6.45, 7) is 10.3. The molecule has 1 aromatic heterocycles. The summed E-state index contributed by atoms with van der Waals surface area (Å²) < 4.78 is 10.6. The minimum atomic E-state index is -0.487. The number of aromatic nitrogens is 1. The van der Waals surface area contributed by atoms with Crippen LogP contribution in [0, 0.1) is 10.1 Å². The number of amides is 1. The molecular formula is C20H31N5O5. The SMILES string of the molecule is COc1cc(N2CCC(N3CCN(C(=O)OC(C)(C)C)CC3)CC2)ncc1[N+](=O)[O-]. The van der Waals surface area contributed by atoms with Crippen molar-refractivity contribution in [1.29, 1.82) is 0 Å². The van der Waals surface area contributed by atoms with E-state index in [0.29, 0.717) is 24.9 Å². The topological polar surface area (TPSA) is 101 Å². The molecule has 2 saturated heterocycles. The van der Waals surface area contributed by atoms with Crippen LogP contribution in [0.5, 0.6) is 5.75 Å². The first kappa shape index (κ1) is 22.1. The van der Waals surface area contributed by atoms with Crippen molar-refractivity contribution < 1.29 is 19.2 Å². The highest BCUT2D eigenvalue weighted by molar-refractivity contribution is 5.68. The van der Waals surface area contributed by atoms with Crippen molar-refractivity contribution in [2.75, 3.05) is 51.3 Å². The number of rotatable bonds is 4. The molecule has 10 nitrogen and oxygen atoms in total. The number of methoxy groups -OCH3 is 1. The molecule has 0 radical (unpaired) electrons. The smallest absolute Gasteiger partial charge is 0.410 e. The minimum Gasteiger partial charge on any atom is -0.490 e. The van der Waals surface area contributed by atoms with E-state index in [-0.39, 0.29) is 17.5 Å². The van der Waals surface area contributed by atoms with E-state index in [2.05, 4.69) is 14.8 Å². The Morgan fingerprint density at radius 2 is 1.80 bits per heavy atom. The van der Waals surface area contributed by atoms with Gasteiger partial charge >= 0.3 is 11.8 Å². The van der Waals surface area contributed by atoms with Crippen LogP contribution in [-0.2, 0) is 4.74 Å². The molecule has 0 saturated carbocycles. The van der Waals surface area contributed by atoms with Crippen LogP contribution >= 0.6 is 0 Å². The van der Waals surface area contributed by atoms with E-state index in [1.807, 2.05) is 20.8 Å². The Labute approximate surface area is 176 Å². The first-order chi connectivity index (χ1) is 14.2. The minimum absolute atomic E-state index is 0.126. The lowest BCUT2D eigenvalue weighted by Gasteiger charge is -2.43. The van der Waals surface area contributed by atoms with Gasteiger partial charge in [-0.25, -0.2) is 9.78 Å². The second-order valence-electron chi connectivity index (χ2n) is 8.69. The summed E-state index contributed by atoms with van der Waals surface area (Å²) >= 11 is 0. The quantitative estimate of drug-likeness (QED) is 0.540. The summed E-state index contributed by atoms with van der Waals surface area (Å²) in [6.07, 6.45) is 2.98. The number of anilines is 1. The van der Waals surface area contributed by atoms with Crippen LogP contribution < -0.4 is 9.64 Å². The molecule has 1 aromatic rings. The first-order valence-corrected chi connectivity index (χ1v) is 10.3. The molecule has 0 aromatic carbocycles. The maximum Gasteiger partial charge on any atom is 0.410 e. The molecule has 10 heteroatoms. The van der Waals surface area contributed by atoms with Gasteiger partial charge < -0.3 is 19.3 Å². The number of nitrogens with zero attached hydrogens (tertiary/aromatic N) is 5. The fourth-order valence-corrected chi connectivity index (χ4v) is 3.95. The molecular weight excluding hydrogens is 390 g/mol.